The first-order valence-corrected chi connectivity index (χ1v) is 3.77. The standard InChI is InChI=1S/C8H7ClFNO2/c1-13-8(12)4-2-3-5(9)6(10)7(4)11/h2-3H,11H2,1H3. The van der Waals surface area contributed by atoms with Crippen LogP contribution in [0.25, 0.3) is 0 Å². The quantitative estimate of drug-likeness (QED) is 0.560. The molecule has 3 nitrogen and oxygen atoms in total. The van der Waals surface area contributed by atoms with Gasteiger partial charge in [-0.2, -0.15) is 0 Å². The molecule has 0 aliphatic carbocycles. The zero-order valence-electron chi connectivity index (χ0n) is 6.80. The fourth-order valence-electron chi connectivity index (χ4n) is 0.854. The summed E-state index contributed by atoms with van der Waals surface area (Å²) in [4.78, 5) is 11.0. The first kappa shape index (κ1) is 9.80. The fourth-order valence-corrected chi connectivity index (χ4v) is 1.02. The van der Waals surface area contributed by atoms with Crippen molar-refractivity contribution in [3.63, 3.8) is 0 Å². The number of methoxy groups -OCH3 is 1. The molecule has 0 spiro atoms. The summed E-state index contributed by atoms with van der Waals surface area (Å²) in [5.74, 6) is -1.49. The first-order chi connectivity index (χ1) is 6.07. The van der Waals surface area contributed by atoms with Crippen molar-refractivity contribution in [1.29, 1.82) is 0 Å². The molecule has 0 atom stereocenters. The molecule has 0 bridgehead atoms. The number of rotatable bonds is 1. The summed E-state index contributed by atoms with van der Waals surface area (Å²) >= 11 is 5.43. The highest BCUT2D eigenvalue weighted by atomic mass is 35.5. The van der Waals surface area contributed by atoms with Gasteiger partial charge in [0.1, 0.15) is 0 Å². The number of halogens is 2. The number of nitrogen functional groups attached to an aromatic ring is 1. The van der Waals surface area contributed by atoms with Gasteiger partial charge < -0.3 is 10.5 Å². The molecule has 0 aliphatic heterocycles. The molecule has 70 valence electrons. The molecule has 0 amide bonds. The van der Waals surface area contributed by atoms with E-state index >= 15 is 0 Å². The highest BCUT2D eigenvalue weighted by molar-refractivity contribution is 6.31. The molecule has 0 aliphatic rings. The second-order valence-electron chi connectivity index (χ2n) is 2.31. The van der Waals surface area contributed by atoms with Gasteiger partial charge in [-0.05, 0) is 12.1 Å². The number of anilines is 1. The molecule has 0 saturated heterocycles. The van der Waals surface area contributed by atoms with Gasteiger partial charge in [0.25, 0.3) is 0 Å². The van der Waals surface area contributed by atoms with Crippen LogP contribution in [0.5, 0.6) is 0 Å². The van der Waals surface area contributed by atoms with Gasteiger partial charge in [-0.3, -0.25) is 0 Å². The van der Waals surface area contributed by atoms with E-state index in [2.05, 4.69) is 4.74 Å². The third-order valence-corrected chi connectivity index (χ3v) is 1.83. The van der Waals surface area contributed by atoms with E-state index in [4.69, 9.17) is 17.3 Å². The first-order valence-electron chi connectivity index (χ1n) is 3.39. The van der Waals surface area contributed by atoms with E-state index in [-0.39, 0.29) is 16.3 Å². The van der Waals surface area contributed by atoms with Crippen molar-refractivity contribution < 1.29 is 13.9 Å². The van der Waals surface area contributed by atoms with Crippen molar-refractivity contribution in [3.05, 3.63) is 28.5 Å². The van der Waals surface area contributed by atoms with Crippen LogP contribution >= 0.6 is 11.6 Å². The third-order valence-electron chi connectivity index (χ3n) is 1.54. The summed E-state index contributed by atoms with van der Waals surface area (Å²) in [6.07, 6.45) is 0. The number of benzene rings is 1. The van der Waals surface area contributed by atoms with E-state index in [1.807, 2.05) is 0 Å². The van der Waals surface area contributed by atoms with Crippen LogP contribution < -0.4 is 5.73 Å². The van der Waals surface area contributed by atoms with E-state index in [9.17, 15) is 9.18 Å². The van der Waals surface area contributed by atoms with Crippen molar-refractivity contribution in [3.8, 4) is 0 Å². The van der Waals surface area contributed by atoms with Crippen molar-refractivity contribution in [2.24, 2.45) is 0 Å². The molecule has 0 aromatic heterocycles. The molecule has 0 heterocycles. The Balaban J connectivity index is 3.26. The number of carbonyl (C=O) groups is 1. The van der Waals surface area contributed by atoms with Crippen LogP contribution in [0.3, 0.4) is 0 Å². The zero-order chi connectivity index (χ0) is 10.0. The van der Waals surface area contributed by atoms with Crippen molar-refractivity contribution >= 4 is 23.3 Å². The Bertz CT molecular complexity index is 354. The lowest BCUT2D eigenvalue weighted by atomic mass is 10.2. The molecule has 0 radical (unpaired) electrons. The van der Waals surface area contributed by atoms with E-state index in [1.54, 1.807) is 0 Å². The zero-order valence-corrected chi connectivity index (χ0v) is 7.56. The molecular formula is C8H7ClFNO2. The van der Waals surface area contributed by atoms with Crippen molar-refractivity contribution in [2.75, 3.05) is 12.8 Å². The van der Waals surface area contributed by atoms with Crippen molar-refractivity contribution in [1.82, 2.24) is 0 Å². The molecule has 5 heteroatoms. The third kappa shape index (κ3) is 1.72. The number of ether oxygens (including phenoxy) is 1. The fraction of sp³-hybridized carbons (Fsp3) is 0.125. The smallest absolute Gasteiger partial charge is 0.340 e. The lowest BCUT2D eigenvalue weighted by Gasteiger charge is -2.04. The minimum atomic E-state index is -0.801. The maximum atomic E-state index is 13.0. The topological polar surface area (TPSA) is 52.3 Å². The molecule has 0 unspecified atom stereocenters. The highest BCUT2D eigenvalue weighted by Crippen LogP contribution is 2.24. The van der Waals surface area contributed by atoms with Crippen LogP contribution in [-0.2, 0) is 4.74 Å². The molecule has 1 rings (SSSR count). The summed E-state index contributed by atoms with van der Waals surface area (Å²) in [7, 11) is 1.19. The largest absolute Gasteiger partial charge is 0.465 e. The average molecular weight is 204 g/mol. The molecule has 2 N–H and O–H groups in total. The van der Waals surface area contributed by atoms with Gasteiger partial charge >= 0.3 is 5.97 Å². The summed E-state index contributed by atoms with van der Waals surface area (Å²) in [6.45, 7) is 0. The van der Waals surface area contributed by atoms with Crippen LogP contribution in [-0.4, -0.2) is 13.1 Å². The summed E-state index contributed by atoms with van der Waals surface area (Å²) in [6, 6.07) is 2.56. The Morgan fingerprint density at radius 1 is 1.62 bits per heavy atom. The Hall–Kier alpha value is -1.29. The molecule has 0 saturated carbocycles. The summed E-state index contributed by atoms with van der Waals surface area (Å²) in [5, 5.41) is -0.120. The van der Waals surface area contributed by atoms with Gasteiger partial charge in [-0.1, -0.05) is 11.6 Å². The maximum absolute atomic E-state index is 13.0. The summed E-state index contributed by atoms with van der Waals surface area (Å²) < 4.78 is 17.4. The van der Waals surface area contributed by atoms with E-state index < -0.39 is 11.8 Å². The van der Waals surface area contributed by atoms with Crippen LogP contribution in [0.2, 0.25) is 5.02 Å². The maximum Gasteiger partial charge on any atom is 0.340 e. The van der Waals surface area contributed by atoms with E-state index in [0.717, 1.165) is 0 Å². The second kappa shape index (κ2) is 3.62. The Kier molecular flexibility index (Phi) is 2.72. The minimum absolute atomic E-state index is 0.0237. The molecule has 0 fully saturated rings. The number of nitrogens with two attached hydrogens (primary N) is 1. The number of carbonyl (C=O) groups excluding carboxylic acids is 1. The van der Waals surface area contributed by atoms with E-state index in [0.29, 0.717) is 0 Å². The predicted molar refractivity (Wildman–Crippen MR) is 47.2 cm³/mol. The SMILES string of the molecule is COC(=O)c1ccc(Cl)c(F)c1N. The average Bonchev–Trinajstić information content (AvgIpc) is 2.13. The van der Waals surface area contributed by atoms with Crippen LogP contribution in [0.1, 0.15) is 10.4 Å². The monoisotopic (exact) mass is 203 g/mol. The van der Waals surface area contributed by atoms with Gasteiger partial charge in [0.15, 0.2) is 5.82 Å². The number of hydrogen-bond acceptors (Lipinski definition) is 3. The van der Waals surface area contributed by atoms with Gasteiger partial charge in [-0.25, -0.2) is 9.18 Å². The van der Waals surface area contributed by atoms with Gasteiger partial charge in [-0.15, -0.1) is 0 Å². The lowest BCUT2D eigenvalue weighted by molar-refractivity contribution is 0.0601. The van der Waals surface area contributed by atoms with Crippen LogP contribution in [0.15, 0.2) is 12.1 Å². The molecule has 1 aromatic rings. The molecule has 13 heavy (non-hydrogen) atoms. The lowest BCUT2D eigenvalue weighted by Crippen LogP contribution is -2.07. The Morgan fingerprint density at radius 2 is 2.23 bits per heavy atom. The van der Waals surface area contributed by atoms with Crippen molar-refractivity contribution in [2.45, 2.75) is 0 Å². The summed E-state index contributed by atoms with van der Waals surface area (Å²) in [5.41, 5.74) is 4.98. The second-order valence-corrected chi connectivity index (χ2v) is 2.72. The normalized spacial score (nSPS) is 9.77. The molecule has 1 aromatic carbocycles. The van der Waals surface area contributed by atoms with Gasteiger partial charge in [0, 0.05) is 0 Å². The van der Waals surface area contributed by atoms with Crippen LogP contribution in [0, 0.1) is 5.82 Å². The minimum Gasteiger partial charge on any atom is -0.465 e. The van der Waals surface area contributed by atoms with E-state index in [1.165, 1.54) is 19.2 Å². The van der Waals surface area contributed by atoms with Crippen LogP contribution in [0.4, 0.5) is 10.1 Å². The van der Waals surface area contributed by atoms with Gasteiger partial charge in [0.05, 0.1) is 23.4 Å². The number of esters is 1. The number of hydrogen-bond donors (Lipinski definition) is 1. The molecular weight excluding hydrogens is 197 g/mol. The highest BCUT2D eigenvalue weighted by Gasteiger charge is 2.15. The predicted octanol–water partition coefficient (Wildman–Crippen LogP) is 1.85. The van der Waals surface area contributed by atoms with Gasteiger partial charge in [0.2, 0.25) is 0 Å². The Labute approximate surface area is 79.2 Å². The Morgan fingerprint density at radius 3 is 2.77 bits per heavy atom.